The highest BCUT2D eigenvalue weighted by molar-refractivity contribution is 9.10. The standard InChI is InChI=1S/C9H5Br2NO2/c10-3-5-1-6(11)2-7(9(13)14)8(5)4-12/h1-2H,3H2,(H,13,14). The van der Waals surface area contributed by atoms with Crippen LogP contribution in [0, 0.1) is 11.3 Å². The van der Waals surface area contributed by atoms with Gasteiger partial charge in [-0.2, -0.15) is 5.26 Å². The lowest BCUT2D eigenvalue weighted by Gasteiger charge is -2.04. The first-order valence-electron chi connectivity index (χ1n) is 3.62. The lowest BCUT2D eigenvalue weighted by Crippen LogP contribution is -2.03. The predicted octanol–water partition coefficient (Wildman–Crippen LogP) is 2.91. The molecule has 3 nitrogen and oxygen atoms in total. The van der Waals surface area contributed by atoms with Crippen LogP contribution in [0.25, 0.3) is 0 Å². The summed E-state index contributed by atoms with van der Waals surface area (Å²) in [4.78, 5) is 10.8. The smallest absolute Gasteiger partial charge is 0.337 e. The van der Waals surface area contributed by atoms with Crippen molar-refractivity contribution in [3.05, 3.63) is 33.3 Å². The van der Waals surface area contributed by atoms with E-state index in [1.54, 1.807) is 6.07 Å². The number of hydrogen-bond acceptors (Lipinski definition) is 2. The molecule has 0 aliphatic rings. The van der Waals surface area contributed by atoms with Crippen molar-refractivity contribution in [1.82, 2.24) is 0 Å². The molecule has 0 saturated heterocycles. The maximum atomic E-state index is 10.8. The summed E-state index contributed by atoms with van der Waals surface area (Å²) in [7, 11) is 0. The summed E-state index contributed by atoms with van der Waals surface area (Å²) in [5.74, 6) is -1.09. The second kappa shape index (κ2) is 4.58. The molecule has 0 radical (unpaired) electrons. The number of nitriles is 1. The van der Waals surface area contributed by atoms with E-state index in [9.17, 15) is 4.79 Å². The van der Waals surface area contributed by atoms with E-state index in [-0.39, 0.29) is 11.1 Å². The minimum atomic E-state index is -1.09. The SMILES string of the molecule is N#Cc1c(CBr)cc(Br)cc1C(=O)O. The molecule has 5 heteroatoms. The van der Waals surface area contributed by atoms with Crippen LogP contribution in [-0.2, 0) is 5.33 Å². The number of hydrogen-bond donors (Lipinski definition) is 1. The van der Waals surface area contributed by atoms with Crippen LogP contribution in [-0.4, -0.2) is 11.1 Å². The molecule has 0 aromatic heterocycles. The average Bonchev–Trinajstić information content (AvgIpc) is 2.16. The molecular formula is C9H5Br2NO2. The van der Waals surface area contributed by atoms with Gasteiger partial charge in [0.1, 0.15) is 6.07 Å². The van der Waals surface area contributed by atoms with Gasteiger partial charge in [0.2, 0.25) is 0 Å². The largest absolute Gasteiger partial charge is 0.478 e. The van der Waals surface area contributed by atoms with Gasteiger partial charge < -0.3 is 5.11 Å². The zero-order chi connectivity index (χ0) is 10.7. The fraction of sp³-hybridized carbons (Fsp3) is 0.111. The van der Waals surface area contributed by atoms with Crippen molar-refractivity contribution in [2.24, 2.45) is 0 Å². The van der Waals surface area contributed by atoms with Gasteiger partial charge in [0.15, 0.2) is 0 Å². The van der Waals surface area contributed by atoms with E-state index in [1.165, 1.54) is 6.07 Å². The second-order valence-electron chi connectivity index (χ2n) is 2.54. The van der Waals surface area contributed by atoms with Gasteiger partial charge in [0, 0.05) is 9.80 Å². The summed E-state index contributed by atoms with van der Waals surface area (Å²) in [5, 5.41) is 18.1. The molecule has 72 valence electrons. The molecule has 0 spiro atoms. The van der Waals surface area contributed by atoms with Crippen LogP contribution in [0.15, 0.2) is 16.6 Å². The van der Waals surface area contributed by atoms with Gasteiger partial charge in [-0.3, -0.25) is 0 Å². The van der Waals surface area contributed by atoms with Crippen LogP contribution >= 0.6 is 31.9 Å². The van der Waals surface area contributed by atoms with Crippen molar-refractivity contribution in [2.45, 2.75) is 5.33 Å². The molecule has 0 aliphatic carbocycles. The van der Waals surface area contributed by atoms with E-state index in [0.29, 0.717) is 15.4 Å². The number of carboxylic acid groups (broad SMARTS) is 1. The predicted molar refractivity (Wildman–Crippen MR) is 58.4 cm³/mol. The Morgan fingerprint density at radius 1 is 1.57 bits per heavy atom. The topological polar surface area (TPSA) is 61.1 Å². The summed E-state index contributed by atoms with van der Waals surface area (Å²) in [6.07, 6.45) is 0. The summed E-state index contributed by atoms with van der Waals surface area (Å²) < 4.78 is 0.656. The van der Waals surface area contributed by atoms with Crippen molar-refractivity contribution in [3.8, 4) is 6.07 Å². The van der Waals surface area contributed by atoms with E-state index >= 15 is 0 Å². The van der Waals surface area contributed by atoms with Gasteiger partial charge in [0.25, 0.3) is 0 Å². The zero-order valence-corrected chi connectivity index (χ0v) is 10.1. The molecule has 0 bridgehead atoms. The van der Waals surface area contributed by atoms with Crippen molar-refractivity contribution in [3.63, 3.8) is 0 Å². The van der Waals surface area contributed by atoms with Crippen LogP contribution in [0.4, 0.5) is 0 Å². The first-order valence-corrected chi connectivity index (χ1v) is 5.53. The number of carboxylic acids is 1. The minimum Gasteiger partial charge on any atom is -0.478 e. The second-order valence-corrected chi connectivity index (χ2v) is 4.01. The number of carbonyl (C=O) groups is 1. The zero-order valence-electron chi connectivity index (χ0n) is 6.92. The highest BCUT2D eigenvalue weighted by Crippen LogP contribution is 2.23. The first-order chi connectivity index (χ1) is 6.60. The summed E-state index contributed by atoms with van der Waals surface area (Å²) in [6.45, 7) is 0. The van der Waals surface area contributed by atoms with E-state index in [0.717, 1.165) is 0 Å². The third kappa shape index (κ3) is 2.14. The van der Waals surface area contributed by atoms with E-state index < -0.39 is 5.97 Å². The minimum absolute atomic E-state index is 0.0244. The molecule has 1 aromatic carbocycles. The summed E-state index contributed by atoms with van der Waals surface area (Å²) in [6, 6.07) is 5.04. The van der Waals surface area contributed by atoms with Gasteiger partial charge in [-0.05, 0) is 17.7 Å². The van der Waals surface area contributed by atoms with E-state index in [4.69, 9.17) is 10.4 Å². The van der Waals surface area contributed by atoms with Gasteiger partial charge in [-0.25, -0.2) is 4.79 Å². The number of benzene rings is 1. The van der Waals surface area contributed by atoms with Crippen molar-refractivity contribution in [2.75, 3.05) is 0 Å². The number of halogens is 2. The molecule has 1 aromatic rings. The Morgan fingerprint density at radius 3 is 2.64 bits per heavy atom. The van der Waals surface area contributed by atoms with Crippen molar-refractivity contribution >= 4 is 37.8 Å². The third-order valence-electron chi connectivity index (χ3n) is 1.67. The Kier molecular flexibility index (Phi) is 3.67. The van der Waals surface area contributed by atoms with E-state index in [2.05, 4.69) is 31.9 Å². The third-order valence-corrected chi connectivity index (χ3v) is 2.73. The lowest BCUT2D eigenvalue weighted by atomic mass is 10.0. The fourth-order valence-electron chi connectivity index (χ4n) is 1.07. The first kappa shape index (κ1) is 11.2. The normalized spacial score (nSPS) is 9.50. The molecule has 0 saturated carbocycles. The monoisotopic (exact) mass is 317 g/mol. The summed E-state index contributed by atoms with van der Waals surface area (Å²) in [5.41, 5.74) is 0.896. The molecule has 1 N–H and O–H groups in total. The number of rotatable bonds is 2. The molecule has 1 rings (SSSR count). The Labute approximate surface area is 97.6 Å². The molecule has 0 heterocycles. The van der Waals surface area contributed by atoms with Gasteiger partial charge in [0.05, 0.1) is 11.1 Å². The van der Waals surface area contributed by atoms with Crippen LogP contribution in [0.5, 0.6) is 0 Å². The van der Waals surface area contributed by atoms with Gasteiger partial charge in [-0.1, -0.05) is 31.9 Å². The Hall–Kier alpha value is -0.860. The van der Waals surface area contributed by atoms with E-state index in [1.807, 2.05) is 6.07 Å². The summed E-state index contributed by atoms with van der Waals surface area (Å²) >= 11 is 6.39. The Balaban J connectivity index is 3.49. The van der Waals surface area contributed by atoms with Crippen LogP contribution in [0.2, 0.25) is 0 Å². The molecule has 14 heavy (non-hydrogen) atoms. The van der Waals surface area contributed by atoms with Crippen molar-refractivity contribution < 1.29 is 9.90 Å². The Bertz CT molecular complexity index is 424. The highest BCUT2D eigenvalue weighted by Gasteiger charge is 2.14. The van der Waals surface area contributed by atoms with Crippen LogP contribution in [0.1, 0.15) is 21.5 Å². The number of aromatic carboxylic acids is 1. The van der Waals surface area contributed by atoms with Gasteiger partial charge >= 0.3 is 5.97 Å². The quantitative estimate of drug-likeness (QED) is 0.853. The fourth-order valence-corrected chi connectivity index (χ4v) is 2.02. The maximum Gasteiger partial charge on any atom is 0.337 e. The molecule has 0 unspecified atom stereocenters. The molecular weight excluding hydrogens is 314 g/mol. The molecule has 0 fully saturated rings. The van der Waals surface area contributed by atoms with Crippen LogP contribution in [0.3, 0.4) is 0 Å². The van der Waals surface area contributed by atoms with Gasteiger partial charge in [-0.15, -0.1) is 0 Å². The molecule has 0 amide bonds. The lowest BCUT2D eigenvalue weighted by molar-refractivity contribution is 0.0696. The molecule has 0 aliphatic heterocycles. The Morgan fingerprint density at radius 2 is 2.21 bits per heavy atom. The number of nitrogens with zero attached hydrogens (tertiary/aromatic N) is 1. The maximum absolute atomic E-state index is 10.8. The van der Waals surface area contributed by atoms with Crippen molar-refractivity contribution in [1.29, 1.82) is 5.26 Å². The molecule has 0 atom stereocenters. The number of alkyl halides is 1. The van der Waals surface area contributed by atoms with Crippen LogP contribution < -0.4 is 0 Å². The highest BCUT2D eigenvalue weighted by atomic mass is 79.9. The average molecular weight is 319 g/mol.